The maximum Gasteiger partial charge on any atom is 0.253 e. The first-order chi connectivity index (χ1) is 10.8. The van der Waals surface area contributed by atoms with Gasteiger partial charge < -0.3 is 9.84 Å². The molecule has 3 aromatic rings. The molecule has 0 saturated carbocycles. The summed E-state index contributed by atoms with van der Waals surface area (Å²) in [6.07, 6.45) is 3.52. The molecule has 6 nitrogen and oxygen atoms in total. The molecule has 0 aliphatic rings. The number of thioether (sulfide) groups is 1. The minimum Gasteiger partial charge on any atom is -0.343 e. The van der Waals surface area contributed by atoms with Crippen molar-refractivity contribution < 1.29 is 9.32 Å². The molecule has 3 rings (SSSR count). The van der Waals surface area contributed by atoms with E-state index in [4.69, 9.17) is 4.52 Å². The largest absolute Gasteiger partial charge is 0.343 e. The van der Waals surface area contributed by atoms with Crippen LogP contribution in [-0.2, 0) is 12.3 Å². The van der Waals surface area contributed by atoms with Crippen molar-refractivity contribution in [3.05, 3.63) is 53.8 Å². The van der Waals surface area contributed by atoms with Gasteiger partial charge >= 0.3 is 0 Å². The fourth-order valence-corrected chi connectivity index (χ4v) is 2.38. The molecule has 22 heavy (non-hydrogen) atoms. The van der Waals surface area contributed by atoms with Gasteiger partial charge in [-0.05, 0) is 18.4 Å². The SMILES string of the molecule is CSCc1noc(CNC(=O)c2cnc3ccccc3c2)n1. The van der Waals surface area contributed by atoms with E-state index in [0.29, 0.717) is 23.0 Å². The zero-order chi connectivity index (χ0) is 15.4. The molecule has 0 fully saturated rings. The van der Waals surface area contributed by atoms with Crippen molar-refractivity contribution in [3.63, 3.8) is 0 Å². The van der Waals surface area contributed by atoms with E-state index in [-0.39, 0.29) is 12.5 Å². The molecule has 7 heteroatoms. The van der Waals surface area contributed by atoms with Gasteiger partial charge in [-0.15, -0.1) is 0 Å². The first-order valence-corrected chi connectivity index (χ1v) is 8.09. The predicted molar refractivity (Wildman–Crippen MR) is 84.4 cm³/mol. The second-order valence-electron chi connectivity index (χ2n) is 4.64. The van der Waals surface area contributed by atoms with Gasteiger partial charge in [0.25, 0.3) is 5.91 Å². The Morgan fingerprint density at radius 3 is 3.09 bits per heavy atom. The summed E-state index contributed by atoms with van der Waals surface area (Å²) in [5.74, 6) is 1.49. The van der Waals surface area contributed by atoms with E-state index in [2.05, 4.69) is 20.4 Å². The Hall–Kier alpha value is -2.41. The van der Waals surface area contributed by atoms with Crippen molar-refractivity contribution in [2.24, 2.45) is 0 Å². The van der Waals surface area contributed by atoms with Gasteiger partial charge in [0.05, 0.1) is 23.4 Å². The maximum atomic E-state index is 12.1. The zero-order valence-electron chi connectivity index (χ0n) is 11.9. The highest BCUT2D eigenvalue weighted by Crippen LogP contribution is 2.12. The van der Waals surface area contributed by atoms with E-state index < -0.39 is 0 Å². The van der Waals surface area contributed by atoms with E-state index in [1.807, 2.05) is 36.6 Å². The number of carbonyl (C=O) groups is 1. The molecule has 0 atom stereocenters. The molecular weight excluding hydrogens is 300 g/mol. The number of carbonyl (C=O) groups excluding carboxylic acids is 1. The van der Waals surface area contributed by atoms with Gasteiger partial charge in [0.2, 0.25) is 5.89 Å². The number of fused-ring (bicyclic) bond motifs is 1. The molecule has 0 spiro atoms. The summed E-state index contributed by atoms with van der Waals surface area (Å²) in [5.41, 5.74) is 1.36. The Balaban J connectivity index is 1.67. The third-order valence-corrected chi connectivity index (χ3v) is 3.58. The van der Waals surface area contributed by atoms with Crippen molar-refractivity contribution in [3.8, 4) is 0 Å². The highest BCUT2D eigenvalue weighted by Gasteiger charge is 2.10. The summed E-state index contributed by atoms with van der Waals surface area (Å²) in [7, 11) is 0. The van der Waals surface area contributed by atoms with Crippen LogP contribution in [0.2, 0.25) is 0 Å². The maximum absolute atomic E-state index is 12.1. The molecule has 0 aliphatic carbocycles. The zero-order valence-corrected chi connectivity index (χ0v) is 12.8. The molecule has 1 amide bonds. The van der Waals surface area contributed by atoms with Gasteiger partial charge in [0, 0.05) is 11.6 Å². The number of para-hydroxylation sites is 1. The average molecular weight is 314 g/mol. The van der Waals surface area contributed by atoms with E-state index in [1.54, 1.807) is 18.0 Å². The lowest BCUT2D eigenvalue weighted by atomic mass is 10.1. The summed E-state index contributed by atoms with van der Waals surface area (Å²) < 4.78 is 5.07. The second kappa shape index (κ2) is 6.57. The van der Waals surface area contributed by atoms with Crippen LogP contribution in [0.25, 0.3) is 10.9 Å². The molecule has 0 bridgehead atoms. The van der Waals surface area contributed by atoms with Crippen LogP contribution >= 0.6 is 11.8 Å². The number of pyridine rings is 1. The van der Waals surface area contributed by atoms with Gasteiger partial charge in [0.1, 0.15) is 0 Å². The number of amides is 1. The number of hydrogen-bond donors (Lipinski definition) is 1. The van der Waals surface area contributed by atoms with Crippen LogP contribution in [0.1, 0.15) is 22.1 Å². The highest BCUT2D eigenvalue weighted by molar-refractivity contribution is 7.97. The summed E-state index contributed by atoms with van der Waals surface area (Å²) in [6.45, 7) is 0.201. The number of nitrogens with one attached hydrogen (secondary N) is 1. The molecule has 2 heterocycles. The van der Waals surface area contributed by atoms with Crippen molar-refractivity contribution in [1.82, 2.24) is 20.4 Å². The van der Waals surface area contributed by atoms with E-state index >= 15 is 0 Å². The third kappa shape index (κ3) is 3.25. The number of hydrogen-bond acceptors (Lipinski definition) is 6. The standard InChI is InChI=1S/C15H14N4O2S/c1-22-9-13-18-14(21-19-13)8-17-15(20)11-6-10-4-2-3-5-12(10)16-7-11/h2-7H,8-9H2,1H3,(H,17,20). The van der Waals surface area contributed by atoms with Crippen molar-refractivity contribution >= 4 is 28.6 Å². The van der Waals surface area contributed by atoms with Gasteiger partial charge in [-0.25, -0.2) is 0 Å². The molecule has 112 valence electrons. The molecule has 0 unspecified atom stereocenters. The Bertz CT molecular complexity index is 803. The van der Waals surface area contributed by atoms with E-state index in [0.717, 1.165) is 10.9 Å². The first kappa shape index (κ1) is 14.5. The van der Waals surface area contributed by atoms with Crippen LogP contribution in [0.4, 0.5) is 0 Å². The van der Waals surface area contributed by atoms with Crippen LogP contribution in [0, 0.1) is 0 Å². The quantitative estimate of drug-likeness (QED) is 0.779. The Morgan fingerprint density at radius 1 is 1.36 bits per heavy atom. The smallest absolute Gasteiger partial charge is 0.253 e. The molecule has 0 saturated heterocycles. The minimum atomic E-state index is -0.220. The van der Waals surface area contributed by atoms with Crippen LogP contribution in [0.3, 0.4) is 0 Å². The lowest BCUT2D eigenvalue weighted by molar-refractivity contribution is 0.0946. The Labute approximate surface area is 131 Å². The highest BCUT2D eigenvalue weighted by atomic mass is 32.2. The number of nitrogens with zero attached hydrogens (tertiary/aromatic N) is 3. The molecule has 0 aliphatic heterocycles. The van der Waals surface area contributed by atoms with Gasteiger partial charge in [-0.3, -0.25) is 9.78 Å². The summed E-state index contributed by atoms with van der Waals surface area (Å²) in [6, 6.07) is 9.47. The van der Waals surface area contributed by atoms with Gasteiger partial charge in [-0.2, -0.15) is 16.7 Å². The van der Waals surface area contributed by atoms with Crippen LogP contribution < -0.4 is 5.32 Å². The molecule has 1 N–H and O–H groups in total. The lowest BCUT2D eigenvalue weighted by Crippen LogP contribution is -2.23. The van der Waals surface area contributed by atoms with Crippen molar-refractivity contribution in [1.29, 1.82) is 0 Å². The summed E-state index contributed by atoms with van der Waals surface area (Å²) in [4.78, 5) is 20.6. The average Bonchev–Trinajstić information content (AvgIpc) is 3.00. The molecule has 2 aromatic heterocycles. The molecule has 0 radical (unpaired) electrons. The van der Waals surface area contributed by atoms with Crippen LogP contribution in [0.15, 0.2) is 41.1 Å². The number of aromatic nitrogens is 3. The lowest BCUT2D eigenvalue weighted by Gasteiger charge is -2.03. The van der Waals surface area contributed by atoms with Crippen molar-refractivity contribution in [2.45, 2.75) is 12.3 Å². The fraction of sp³-hybridized carbons (Fsp3) is 0.200. The van der Waals surface area contributed by atoms with Crippen LogP contribution in [0.5, 0.6) is 0 Å². The van der Waals surface area contributed by atoms with Crippen LogP contribution in [-0.4, -0.2) is 27.3 Å². The number of benzene rings is 1. The summed E-state index contributed by atoms with van der Waals surface area (Å²) in [5, 5.41) is 7.51. The number of rotatable bonds is 5. The second-order valence-corrected chi connectivity index (χ2v) is 5.50. The van der Waals surface area contributed by atoms with Gasteiger partial charge in [0.15, 0.2) is 5.82 Å². The molecular formula is C15H14N4O2S. The first-order valence-electron chi connectivity index (χ1n) is 6.69. The van der Waals surface area contributed by atoms with Gasteiger partial charge in [-0.1, -0.05) is 23.4 Å². The van der Waals surface area contributed by atoms with Crippen molar-refractivity contribution in [2.75, 3.05) is 6.26 Å². The van der Waals surface area contributed by atoms with E-state index in [9.17, 15) is 4.79 Å². The Kier molecular flexibility index (Phi) is 4.34. The minimum absolute atomic E-state index is 0.201. The normalized spacial score (nSPS) is 10.8. The topological polar surface area (TPSA) is 80.9 Å². The fourth-order valence-electron chi connectivity index (χ4n) is 2.00. The summed E-state index contributed by atoms with van der Waals surface area (Å²) >= 11 is 1.61. The third-order valence-electron chi connectivity index (χ3n) is 3.04. The molecule has 1 aromatic carbocycles. The Morgan fingerprint density at radius 2 is 2.23 bits per heavy atom. The van der Waals surface area contributed by atoms with E-state index in [1.165, 1.54) is 0 Å². The monoisotopic (exact) mass is 314 g/mol. The predicted octanol–water partition coefficient (Wildman–Crippen LogP) is 2.41.